The van der Waals surface area contributed by atoms with Crippen LogP contribution in [-0.2, 0) is 22.7 Å². The van der Waals surface area contributed by atoms with Crippen molar-refractivity contribution < 1.29 is 33.7 Å². The number of allylic oxidation sites excluding steroid dienone is 1. The van der Waals surface area contributed by atoms with Crippen molar-refractivity contribution in [1.29, 1.82) is 5.26 Å². The number of ether oxygens (including phenoxy) is 3. The molecule has 11 nitrogen and oxygen atoms in total. The first kappa shape index (κ1) is 29.5. The molecular formula is C29H29N3O8S. The Hall–Kier alpha value is -4.50. The van der Waals surface area contributed by atoms with Gasteiger partial charge >= 0.3 is 0 Å². The molecule has 2 unspecified atom stereocenters. The van der Waals surface area contributed by atoms with Crippen LogP contribution in [0.2, 0.25) is 0 Å². The third-order valence-electron chi connectivity index (χ3n) is 7.11. The third kappa shape index (κ3) is 6.00. The van der Waals surface area contributed by atoms with Crippen LogP contribution in [0.1, 0.15) is 45.5 Å². The number of nitriles is 1. The minimum Gasteiger partial charge on any atom is -0.493 e. The number of nitrogens with zero attached hydrogens (tertiary/aromatic N) is 2. The van der Waals surface area contributed by atoms with E-state index in [4.69, 9.17) is 14.2 Å². The molecule has 0 heterocycles. The number of benzene rings is 2. The van der Waals surface area contributed by atoms with Crippen LogP contribution in [-0.4, -0.2) is 55.7 Å². The maximum absolute atomic E-state index is 13.4. The Morgan fingerprint density at radius 3 is 2.56 bits per heavy atom. The fraction of sp³-hybridized carbons (Fsp3) is 0.345. The van der Waals surface area contributed by atoms with Crippen LogP contribution < -0.4 is 19.5 Å². The van der Waals surface area contributed by atoms with E-state index < -0.39 is 28.9 Å². The lowest BCUT2D eigenvalue weighted by Crippen LogP contribution is -2.37. The van der Waals surface area contributed by atoms with Gasteiger partial charge in [-0.1, -0.05) is 29.9 Å². The number of carbonyl (C=O) groups is 2. The Morgan fingerprint density at radius 2 is 1.93 bits per heavy atom. The van der Waals surface area contributed by atoms with Gasteiger partial charge in [0, 0.05) is 18.0 Å². The number of ketones is 1. The summed E-state index contributed by atoms with van der Waals surface area (Å²) in [5.41, 5.74) is 3.85. The second-order valence-electron chi connectivity index (χ2n) is 9.40. The fourth-order valence-electron chi connectivity index (χ4n) is 5.32. The van der Waals surface area contributed by atoms with E-state index in [2.05, 4.69) is 10.2 Å². The van der Waals surface area contributed by atoms with Gasteiger partial charge in [-0.2, -0.15) is 5.26 Å². The number of nitrogens with one attached hydrogen (secondary N) is 1. The van der Waals surface area contributed by atoms with Crippen LogP contribution in [0.4, 0.5) is 0 Å². The van der Waals surface area contributed by atoms with Crippen molar-refractivity contribution in [2.24, 2.45) is 0 Å². The minimum absolute atomic E-state index is 0.0202. The van der Waals surface area contributed by atoms with Crippen molar-refractivity contribution >= 4 is 29.5 Å². The molecule has 2 atom stereocenters. The fourth-order valence-corrected chi connectivity index (χ4v) is 6.18. The standard InChI is InChI=1S/C29H29N3O8S/c1-37-25-12-18-10-17-11-19(31-29(34)22-7-5-6-16(23(22)14-30)15-40-32(35)36)13-24(33)28(41-4)21(17)9-8-20(18)26(38-2)27(25)39-3/h5-9,12,19,28H,10-11,13,15H2,1-4H3,(H,31,34). The maximum atomic E-state index is 13.4. The predicted molar refractivity (Wildman–Crippen MR) is 152 cm³/mol. The second-order valence-corrected chi connectivity index (χ2v) is 10.3. The molecule has 1 amide bonds. The van der Waals surface area contributed by atoms with Gasteiger partial charge in [-0.25, -0.2) is 0 Å². The first-order chi connectivity index (χ1) is 19.8. The van der Waals surface area contributed by atoms with E-state index in [1.165, 1.54) is 30.0 Å². The molecule has 0 bridgehead atoms. The van der Waals surface area contributed by atoms with Crippen LogP contribution in [0.3, 0.4) is 0 Å². The third-order valence-corrected chi connectivity index (χ3v) is 8.10. The molecule has 0 aromatic heterocycles. The molecule has 1 N–H and O–H groups in total. The SMILES string of the molecule is COc1cc2c(c(OC)c1OC)C=CC1=C(C2)CC(NC(=O)c2cccc(CO[N+](=O)[O-])c2C#N)CC(=O)C1SC. The van der Waals surface area contributed by atoms with Gasteiger partial charge in [0.25, 0.3) is 11.0 Å². The van der Waals surface area contributed by atoms with Crippen LogP contribution in [0.5, 0.6) is 17.2 Å². The number of hydrogen-bond donors (Lipinski definition) is 1. The summed E-state index contributed by atoms with van der Waals surface area (Å²) in [4.78, 5) is 41.9. The summed E-state index contributed by atoms with van der Waals surface area (Å²) in [5, 5.41) is 21.9. The van der Waals surface area contributed by atoms with Crippen LogP contribution in [0.25, 0.3) is 6.08 Å². The molecule has 2 aromatic rings. The van der Waals surface area contributed by atoms with Gasteiger partial charge in [0.15, 0.2) is 17.3 Å². The Labute approximate surface area is 241 Å². The molecule has 214 valence electrons. The number of methoxy groups -OCH3 is 3. The van der Waals surface area contributed by atoms with Crippen molar-refractivity contribution in [3.8, 4) is 23.3 Å². The normalized spacial score (nSPS) is 17.8. The summed E-state index contributed by atoms with van der Waals surface area (Å²) in [6, 6.07) is 7.78. The van der Waals surface area contributed by atoms with E-state index in [1.807, 2.05) is 30.5 Å². The van der Waals surface area contributed by atoms with E-state index >= 15 is 0 Å². The maximum Gasteiger partial charge on any atom is 0.294 e. The second kappa shape index (κ2) is 12.8. The van der Waals surface area contributed by atoms with Gasteiger partial charge in [0.1, 0.15) is 12.7 Å². The summed E-state index contributed by atoms with van der Waals surface area (Å²) >= 11 is 1.44. The largest absolute Gasteiger partial charge is 0.493 e. The lowest BCUT2D eigenvalue weighted by molar-refractivity contribution is -0.763. The van der Waals surface area contributed by atoms with Crippen molar-refractivity contribution in [3.63, 3.8) is 0 Å². The predicted octanol–water partition coefficient (Wildman–Crippen LogP) is 4.05. The van der Waals surface area contributed by atoms with E-state index in [1.54, 1.807) is 21.3 Å². The smallest absolute Gasteiger partial charge is 0.294 e. The highest BCUT2D eigenvalue weighted by atomic mass is 32.2. The lowest BCUT2D eigenvalue weighted by Gasteiger charge is -2.20. The molecular weight excluding hydrogens is 550 g/mol. The Bertz CT molecular complexity index is 1490. The molecule has 0 radical (unpaired) electrons. The van der Waals surface area contributed by atoms with Gasteiger partial charge in [0.2, 0.25) is 5.75 Å². The summed E-state index contributed by atoms with van der Waals surface area (Å²) < 4.78 is 16.8. The van der Waals surface area contributed by atoms with E-state index in [9.17, 15) is 25.0 Å². The van der Waals surface area contributed by atoms with Crippen molar-refractivity contribution in [2.75, 3.05) is 27.6 Å². The van der Waals surface area contributed by atoms with Gasteiger partial charge in [-0.3, -0.25) is 9.59 Å². The highest BCUT2D eigenvalue weighted by Gasteiger charge is 2.34. The minimum atomic E-state index is -0.959. The molecule has 0 fully saturated rings. The van der Waals surface area contributed by atoms with Crippen molar-refractivity contribution in [1.82, 2.24) is 5.32 Å². The average Bonchev–Trinajstić information content (AvgIpc) is 3.20. The topological polar surface area (TPSA) is 150 Å². The molecule has 41 heavy (non-hydrogen) atoms. The summed E-state index contributed by atoms with van der Waals surface area (Å²) in [6.07, 6.45) is 6.73. The molecule has 12 heteroatoms. The number of Topliss-reactive ketones (excluding diaryl/α,β-unsaturated/α-hetero) is 1. The average molecular weight is 580 g/mol. The first-order valence-corrected chi connectivity index (χ1v) is 13.9. The summed E-state index contributed by atoms with van der Waals surface area (Å²) in [5.74, 6) is 0.931. The zero-order chi connectivity index (χ0) is 29.7. The zero-order valence-corrected chi connectivity index (χ0v) is 23.8. The number of rotatable bonds is 9. The van der Waals surface area contributed by atoms with Gasteiger partial charge in [0.05, 0.1) is 37.7 Å². The van der Waals surface area contributed by atoms with Crippen molar-refractivity contribution in [3.05, 3.63) is 79.4 Å². The molecule has 2 aliphatic carbocycles. The Kier molecular flexibility index (Phi) is 9.19. The zero-order valence-electron chi connectivity index (χ0n) is 23.0. The molecule has 4 rings (SSSR count). The summed E-state index contributed by atoms with van der Waals surface area (Å²) in [6.45, 7) is -0.464. The molecule has 0 saturated carbocycles. The van der Waals surface area contributed by atoms with Gasteiger partial charge in [-0.15, -0.1) is 21.9 Å². The van der Waals surface area contributed by atoms with E-state index in [-0.39, 0.29) is 28.9 Å². The number of thioether (sulfide) groups is 1. The molecule has 0 saturated heterocycles. The highest BCUT2D eigenvalue weighted by molar-refractivity contribution is 8.00. The van der Waals surface area contributed by atoms with Crippen LogP contribution in [0.15, 0.2) is 41.5 Å². The molecule has 0 spiro atoms. The molecule has 2 aliphatic rings. The molecule has 0 aliphatic heterocycles. The van der Waals surface area contributed by atoms with E-state index in [0.29, 0.717) is 30.1 Å². The van der Waals surface area contributed by atoms with Crippen LogP contribution >= 0.6 is 11.8 Å². The Balaban J connectivity index is 1.68. The van der Waals surface area contributed by atoms with Gasteiger partial charge < -0.3 is 24.4 Å². The van der Waals surface area contributed by atoms with Gasteiger partial charge in [-0.05, 0) is 47.9 Å². The molecule has 2 aromatic carbocycles. The number of hydrogen-bond acceptors (Lipinski definition) is 10. The highest BCUT2D eigenvalue weighted by Crippen LogP contribution is 2.45. The number of amides is 1. The Morgan fingerprint density at radius 1 is 1.17 bits per heavy atom. The van der Waals surface area contributed by atoms with Crippen LogP contribution in [0, 0.1) is 21.4 Å². The summed E-state index contributed by atoms with van der Waals surface area (Å²) in [7, 11) is 4.65. The first-order valence-electron chi connectivity index (χ1n) is 12.6. The van der Waals surface area contributed by atoms with Crippen molar-refractivity contribution in [2.45, 2.75) is 37.2 Å². The monoisotopic (exact) mass is 579 g/mol. The van der Waals surface area contributed by atoms with E-state index in [0.717, 1.165) is 22.3 Å². The number of carbonyl (C=O) groups excluding carboxylic acids is 2. The number of fused-ring (bicyclic) bond motifs is 1. The quantitative estimate of drug-likeness (QED) is 0.340. The lowest BCUT2D eigenvalue weighted by atomic mass is 9.94.